The monoisotopic (exact) mass is 166 g/mol. The summed E-state index contributed by atoms with van der Waals surface area (Å²) in [6.45, 7) is -4.62. The Kier molecular flexibility index (Phi) is 2.47. The van der Waals surface area contributed by atoms with Crippen LogP contribution in [0.2, 0.25) is 0 Å². The summed E-state index contributed by atoms with van der Waals surface area (Å²) < 4.78 is 35.5. The first-order chi connectivity index (χ1) is 4.99. The van der Waals surface area contributed by atoms with Gasteiger partial charge in [-0.3, -0.25) is 0 Å². The summed E-state index contributed by atoms with van der Waals surface area (Å²) >= 11 is 0. The zero-order valence-electron chi connectivity index (χ0n) is 6.56. The number of hydrogen-bond acceptors (Lipinski definition) is 1. The molecule has 0 aromatic rings. The minimum atomic E-state index is -4.62. The van der Waals surface area contributed by atoms with Crippen LogP contribution in [0.1, 0.15) is 19.3 Å². The Morgan fingerprint density at radius 2 is 1.91 bits per heavy atom. The fourth-order valence-corrected chi connectivity index (χ4v) is 1.30. The maximum absolute atomic E-state index is 11.8. The first-order valence-corrected chi connectivity index (χ1v) is 3.90. The van der Waals surface area contributed by atoms with E-state index < -0.39 is 13.4 Å². The third kappa shape index (κ3) is 2.73. The zero-order valence-corrected chi connectivity index (χ0v) is 6.56. The van der Waals surface area contributed by atoms with Gasteiger partial charge in [-0.05, 0) is 26.3 Å². The molecule has 0 radical (unpaired) electrons. The van der Waals surface area contributed by atoms with Crippen molar-refractivity contribution in [2.75, 3.05) is 13.5 Å². The topological polar surface area (TPSA) is 3.24 Å². The molecule has 0 bridgehead atoms. The van der Waals surface area contributed by atoms with Crippen LogP contribution in [0.4, 0.5) is 12.9 Å². The van der Waals surface area contributed by atoms with Crippen molar-refractivity contribution in [3.05, 3.63) is 0 Å². The summed E-state index contributed by atoms with van der Waals surface area (Å²) in [6, 6.07) is 0.193. The minimum absolute atomic E-state index is 0.193. The van der Waals surface area contributed by atoms with E-state index in [1.165, 1.54) is 4.90 Å². The van der Waals surface area contributed by atoms with Crippen LogP contribution >= 0.6 is 0 Å². The van der Waals surface area contributed by atoms with Gasteiger partial charge in [0.2, 0.25) is 0 Å². The third-order valence-electron chi connectivity index (χ3n) is 2.19. The summed E-state index contributed by atoms with van der Waals surface area (Å²) in [5, 5.41) is 0. The average Bonchev–Trinajstić information content (AvgIpc) is 1.50. The van der Waals surface area contributed by atoms with Crippen LogP contribution in [0, 0.1) is 0 Å². The SMILES string of the molecule is CN(C[B-](F)(F)F)C1CCC1. The van der Waals surface area contributed by atoms with E-state index in [1.807, 2.05) is 0 Å². The fraction of sp³-hybridized carbons (Fsp3) is 1.00. The van der Waals surface area contributed by atoms with Crippen molar-refractivity contribution < 1.29 is 12.9 Å². The molecule has 0 aromatic heterocycles. The van der Waals surface area contributed by atoms with Crippen molar-refractivity contribution in [3.8, 4) is 0 Å². The summed E-state index contributed by atoms with van der Waals surface area (Å²) in [4.78, 5) is 1.42. The molecular weight excluding hydrogens is 154 g/mol. The van der Waals surface area contributed by atoms with Crippen molar-refractivity contribution in [2.24, 2.45) is 0 Å². The Labute approximate surface area is 64.6 Å². The summed E-state index contributed by atoms with van der Waals surface area (Å²) in [6.07, 6.45) is 2.25. The van der Waals surface area contributed by atoms with E-state index in [2.05, 4.69) is 0 Å². The molecule has 1 rings (SSSR count). The lowest BCUT2D eigenvalue weighted by Gasteiger charge is -2.37. The molecule has 66 valence electrons. The number of hydrogen-bond donors (Lipinski definition) is 0. The zero-order chi connectivity index (χ0) is 8.48. The molecule has 0 aliphatic heterocycles. The lowest BCUT2D eigenvalue weighted by Crippen LogP contribution is -2.44. The highest BCUT2D eigenvalue weighted by atomic mass is 19.4. The van der Waals surface area contributed by atoms with E-state index in [4.69, 9.17) is 0 Å². The summed E-state index contributed by atoms with van der Waals surface area (Å²) in [5.41, 5.74) is 0. The predicted octanol–water partition coefficient (Wildman–Crippen LogP) is 1.86. The van der Waals surface area contributed by atoms with Gasteiger partial charge in [0.1, 0.15) is 0 Å². The van der Waals surface area contributed by atoms with Gasteiger partial charge in [0, 0.05) is 6.04 Å². The molecule has 0 spiro atoms. The Morgan fingerprint density at radius 1 is 1.36 bits per heavy atom. The lowest BCUT2D eigenvalue weighted by atomic mass is 9.86. The number of nitrogens with zero attached hydrogens (tertiary/aromatic N) is 1. The molecule has 0 atom stereocenters. The quantitative estimate of drug-likeness (QED) is 0.578. The van der Waals surface area contributed by atoms with Crippen LogP contribution in [0.15, 0.2) is 0 Å². The maximum Gasteiger partial charge on any atom is 0.492 e. The molecule has 1 aliphatic carbocycles. The van der Waals surface area contributed by atoms with Crippen molar-refractivity contribution >= 4 is 6.98 Å². The highest BCUT2D eigenvalue weighted by molar-refractivity contribution is 6.58. The molecule has 1 nitrogen and oxygen atoms in total. The van der Waals surface area contributed by atoms with Gasteiger partial charge >= 0.3 is 6.98 Å². The second-order valence-corrected chi connectivity index (χ2v) is 3.23. The van der Waals surface area contributed by atoms with Crippen molar-refractivity contribution in [3.63, 3.8) is 0 Å². The molecule has 1 aliphatic rings. The van der Waals surface area contributed by atoms with Crippen LogP contribution in [-0.4, -0.2) is 31.4 Å². The van der Waals surface area contributed by atoms with Gasteiger partial charge in [-0.25, -0.2) is 0 Å². The minimum Gasteiger partial charge on any atom is -0.448 e. The highest BCUT2D eigenvalue weighted by Crippen LogP contribution is 2.25. The second kappa shape index (κ2) is 3.05. The van der Waals surface area contributed by atoms with Gasteiger partial charge in [-0.1, -0.05) is 6.42 Å². The van der Waals surface area contributed by atoms with Crippen LogP contribution in [-0.2, 0) is 0 Å². The average molecular weight is 166 g/mol. The maximum atomic E-state index is 11.8. The standard InChI is InChI=1S/C6H12BF3N/c1-11(5-7(8,9)10)6-3-2-4-6/h6H,2-5H2,1H3/q-1. The highest BCUT2D eigenvalue weighted by Gasteiger charge is 2.30. The molecule has 0 heterocycles. The van der Waals surface area contributed by atoms with E-state index in [-0.39, 0.29) is 6.04 Å². The number of halogens is 3. The Morgan fingerprint density at radius 3 is 2.18 bits per heavy atom. The first-order valence-electron chi connectivity index (χ1n) is 3.90. The Hall–Kier alpha value is -0.185. The molecule has 0 unspecified atom stereocenters. The van der Waals surface area contributed by atoms with Gasteiger partial charge in [0.15, 0.2) is 0 Å². The summed E-state index contributed by atoms with van der Waals surface area (Å²) in [5.74, 6) is 0. The molecule has 0 amide bonds. The number of rotatable bonds is 3. The molecule has 11 heavy (non-hydrogen) atoms. The second-order valence-electron chi connectivity index (χ2n) is 3.23. The largest absolute Gasteiger partial charge is 0.492 e. The van der Waals surface area contributed by atoms with E-state index in [0.29, 0.717) is 0 Å². The molecule has 1 saturated carbocycles. The van der Waals surface area contributed by atoms with E-state index >= 15 is 0 Å². The van der Waals surface area contributed by atoms with Crippen molar-refractivity contribution in [1.29, 1.82) is 0 Å². The molecule has 0 aromatic carbocycles. The van der Waals surface area contributed by atoms with E-state index in [0.717, 1.165) is 19.3 Å². The Bertz CT molecular complexity index is 132. The Balaban J connectivity index is 2.24. The molecule has 5 heteroatoms. The van der Waals surface area contributed by atoms with E-state index in [9.17, 15) is 12.9 Å². The van der Waals surface area contributed by atoms with Crippen molar-refractivity contribution in [2.45, 2.75) is 25.3 Å². The summed E-state index contributed by atoms with van der Waals surface area (Å²) in [7, 11) is 1.55. The smallest absolute Gasteiger partial charge is 0.448 e. The predicted molar refractivity (Wildman–Crippen MR) is 39.3 cm³/mol. The van der Waals surface area contributed by atoms with Crippen LogP contribution in [0.25, 0.3) is 0 Å². The van der Waals surface area contributed by atoms with Gasteiger partial charge in [-0.2, -0.15) is 0 Å². The third-order valence-corrected chi connectivity index (χ3v) is 2.19. The van der Waals surface area contributed by atoms with Gasteiger partial charge < -0.3 is 17.8 Å². The van der Waals surface area contributed by atoms with Gasteiger partial charge in [0.05, 0.1) is 0 Å². The normalized spacial score (nSPS) is 20.5. The molecule has 1 fully saturated rings. The van der Waals surface area contributed by atoms with E-state index in [1.54, 1.807) is 7.05 Å². The van der Waals surface area contributed by atoms with Gasteiger partial charge in [-0.15, -0.1) is 0 Å². The van der Waals surface area contributed by atoms with Crippen LogP contribution < -0.4 is 0 Å². The fourth-order valence-electron chi connectivity index (χ4n) is 1.30. The van der Waals surface area contributed by atoms with Gasteiger partial charge in [0.25, 0.3) is 0 Å². The molecule has 0 N–H and O–H groups in total. The van der Waals surface area contributed by atoms with Crippen LogP contribution in [0.5, 0.6) is 0 Å². The molecular formula is C6H12BF3N-. The molecule has 0 saturated heterocycles. The van der Waals surface area contributed by atoms with Crippen molar-refractivity contribution in [1.82, 2.24) is 4.90 Å². The lowest BCUT2D eigenvalue weighted by molar-refractivity contribution is 0.168. The first kappa shape index (κ1) is 8.91. The van der Waals surface area contributed by atoms with Crippen LogP contribution in [0.3, 0.4) is 0 Å².